The molecule has 2 N–H and O–H groups in total. The van der Waals surface area contributed by atoms with Crippen molar-refractivity contribution in [1.82, 2.24) is 19.6 Å². The number of anilines is 1. The Morgan fingerprint density at radius 1 is 1.06 bits per heavy atom. The molecule has 0 aliphatic heterocycles. The molecule has 1 unspecified atom stereocenters. The van der Waals surface area contributed by atoms with E-state index >= 15 is 0 Å². The molecule has 0 fully saturated rings. The second-order valence-electron chi connectivity index (χ2n) is 7.29. The zero-order chi connectivity index (χ0) is 22.8. The van der Waals surface area contributed by atoms with Gasteiger partial charge in [0, 0.05) is 36.0 Å². The zero-order valence-electron chi connectivity index (χ0n) is 18.2. The molecule has 0 saturated carbocycles. The van der Waals surface area contributed by atoms with Gasteiger partial charge in [-0.3, -0.25) is 0 Å². The molecule has 2 aromatic heterocycles. The SMILES string of the molecule is COc1ccc(CNc2nc3cc(OC)c(F)cc3c3nc(CC(C)O)nn23)c(OC)c1. The predicted molar refractivity (Wildman–Crippen MR) is 117 cm³/mol. The lowest BCUT2D eigenvalue weighted by Gasteiger charge is -2.13. The molecule has 0 radical (unpaired) electrons. The van der Waals surface area contributed by atoms with E-state index in [4.69, 9.17) is 14.2 Å². The van der Waals surface area contributed by atoms with E-state index in [2.05, 4.69) is 20.4 Å². The van der Waals surface area contributed by atoms with Gasteiger partial charge in [-0.25, -0.2) is 14.4 Å². The molecule has 2 heterocycles. The van der Waals surface area contributed by atoms with Gasteiger partial charge in [0.2, 0.25) is 5.95 Å². The highest BCUT2D eigenvalue weighted by atomic mass is 19.1. The van der Waals surface area contributed by atoms with Crippen molar-refractivity contribution in [2.24, 2.45) is 0 Å². The van der Waals surface area contributed by atoms with E-state index in [-0.39, 0.29) is 12.2 Å². The van der Waals surface area contributed by atoms with Crippen LogP contribution in [0.2, 0.25) is 0 Å². The Kier molecular flexibility index (Phi) is 5.95. The van der Waals surface area contributed by atoms with E-state index in [0.717, 1.165) is 5.56 Å². The van der Waals surface area contributed by atoms with E-state index in [1.54, 1.807) is 27.2 Å². The maximum atomic E-state index is 14.4. The molecule has 0 saturated heterocycles. The average molecular weight is 441 g/mol. The number of benzene rings is 2. The largest absolute Gasteiger partial charge is 0.497 e. The number of fused-ring (bicyclic) bond motifs is 3. The summed E-state index contributed by atoms with van der Waals surface area (Å²) in [6.45, 7) is 2.03. The summed E-state index contributed by atoms with van der Waals surface area (Å²) in [4.78, 5) is 9.14. The molecule has 32 heavy (non-hydrogen) atoms. The number of aromatic nitrogens is 4. The van der Waals surface area contributed by atoms with E-state index in [1.807, 2.05) is 12.1 Å². The molecule has 4 aromatic rings. The van der Waals surface area contributed by atoms with E-state index < -0.39 is 11.9 Å². The minimum absolute atomic E-state index is 0.0841. The number of nitrogens with zero attached hydrogens (tertiary/aromatic N) is 4. The topological polar surface area (TPSA) is 103 Å². The van der Waals surface area contributed by atoms with E-state index in [1.165, 1.54) is 23.8 Å². The highest BCUT2D eigenvalue weighted by Gasteiger charge is 2.17. The van der Waals surface area contributed by atoms with Gasteiger partial charge >= 0.3 is 0 Å². The fourth-order valence-electron chi connectivity index (χ4n) is 3.45. The van der Waals surface area contributed by atoms with Gasteiger partial charge in [0.25, 0.3) is 0 Å². The number of methoxy groups -OCH3 is 3. The summed E-state index contributed by atoms with van der Waals surface area (Å²) in [6.07, 6.45) is -0.364. The fraction of sp³-hybridized carbons (Fsp3) is 0.318. The van der Waals surface area contributed by atoms with Crippen LogP contribution in [0.4, 0.5) is 10.3 Å². The van der Waals surface area contributed by atoms with Crippen LogP contribution in [-0.4, -0.2) is 52.1 Å². The summed E-state index contributed by atoms with van der Waals surface area (Å²) in [7, 11) is 4.58. The lowest BCUT2D eigenvalue weighted by Crippen LogP contribution is -2.10. The molecule has 0 amide bonds. The molecule has 0 bridgehead atoms. The number of hydrogen-bond acceptors (Lipinski definition) is 8. The van der Waals surface area contributed by atoms with Gasteiger partial charge in [-0.1, -0.05) is 0 Å². The van der Waals surface area contributed by atoms with Gasteiger partial charge in [-0.05, 0) is 25.1 Å². The fourth-order valence-corrected chi connectivity index (χ4v) is 3.45. The highest BCUT2D eigenvalue weighted by Crippen LogP contribution is 2.29. The lowest BCUT2D eigenvalue weighted by atomic mass is 10.2. The summed E-state index contributed by atoms with van der Waals surface area (Å²) in [6, 6.07) is 8.37. The number of aliphatic hydroxyl groups is 1. The van der Waals surface area contributed by atoms with Crippen molar-refractivity contribution < 1.29 is 23.7 Å². The monoisotopic (exact) mass is 441 g/mol. The number of ether oxygens (including phenoxy) is 3. The molecule has 10 heteroatoms. The second-order valence-corrected chi connectivity index (χ2v) is 7.29. The quantitative estimate of drug-likeness (QED) is 0.430. The normalized spacial score (nSPS) is 12.2. The van der Waals surface area contributed by atoms with Gasteiger partial charge in [-0.2, -0.15) is 4.52 Å². The maximum Gasteiger partial charge on any atom is 0.226 e. The lowest BCUT2D eigenvalue weighted by molar-refractivity contribution is 0.193. The summed E-state index contributed by atoms with van der Waals surface area (Å²) < 4.78 is 31.7. The molecular formula is C22H24FN5O4. The number of halogens is 1. The summed E-state index contributed by atoms with van der Waals surface area (Å²) >= 11 is 0. The zero-order valence-corrected chi connectivity index (χ0v) is 18.2. The standard InChI is InChI=1S/C22H24FN5O4/c1-12(29)7-20-26-21-15-9-16(23)19(32-4)10-17(15)25-22(28(21)27-20)24-11-13-5-6-14(30-2)8-18(13)31-3/h5-6,8-10,12,29H,7,11H2,1-4H3,(H,24,25). The Morgan fingerprint density at radius 3 is 2.53 bits per heavy atom. The second kappa shape index (κ2) is 8.83. The molecule has 0 aliphatic carbocycles. The minimum atomic E-state index is -0.622. The molecule has 0 spiro atoms. The Balaban J connectivity index is 1.80. The van der Waals surface area contributed by atoms with E-state index in [0.29, 0.717) is 46.4 Å². The number of hydrogen-bond donors (Lipinski definition) is 2. The Bertz CT molecular complexity index is 1270. The van der Waals surface area contributed by atoms with Crippen molar-refractivity contribution >= 4 is 22.5 Å². The third-order valence-electron chi connectivity index (χ3n) is 5.00. The van der Waals surface area contributed by atoms with Gasteiger partial charge in [0.05, 0.1) is 33.0 Å². The van der Waals surface area contributed by atoms with E-state index in [9.17, 15) is 9.50 Å². The van der Waals surface area contributed by atoms with Crippen LogP contribution in [0.5, 0.6) is 17.2 Å². The number of rotatable bonds is 8. The van der Waals surface area contributed by atoms with Crippen molar-refractivity contribution in [2.75, 3.05) is 26.6 Å². The molecular weight excluding hydrogens is 417 g/mol. The van der Waals surface area contributed by atoms with Crippen molar-refractivity contribution in [1.29, 1.82) is 0 Å². The van der Waals surface area contributed by atoms with Crippen LogP contribution in [0.3, 0.4) is 0 Å². The average Bonchev–Trinajstić information content (AvgIpc) is 3.20. The first-order valence-corrected chi connectivity index (χ1v) is 9.99. The van der Waals surface area contributed by atoms with Crippen LogP contribution in [-0.2, 0) is 13.0 Å². The van der Waals surface area contributed by atoms with Crippen LogP contribution >= 0.6 is 0 Å². The van der Waals surface area contributed by atoms with Crippen LogP contribution in [0.1, 0.15) is 18.3 Å². The summed E-state index contributed by atoms with van der Waals surface area (Å²) in [5, 5.41) is 18.0. The number of aliphatic hydroxyl groups excluding tert-OH is 1. The Labute approximate surface area is 183 Å². The van der Waals surface area contributed by atoms with Crippen molar-refractivity contribution in [3.05, 3.63) is 47.5 Å². The summed E-state index contributed by atoms with van der Waals surface area (Å²) in [5.74, 6) is 1.74. The first-order valence-electron chi connectivity index (χ1n) is 9.99. The molecule has 2 aromatic carbocycles. The maximum absolute atomic E-state index is 14.4. The van der Waals surface area contributed by atoms with Crippen LogP contribution in [0.25, 0.3) is 16.6 Å². The van der Waals surface area contributed by atoms with Crippen molar-refractivity contribution in [3.8, 4) is 17.2 Å². The first-order chi connectivity index (χ1) is 15.4. The third-order valence-corrected chi connectivity index (χ3v) is 5.00. The summed E-state index contributed by atoms with van der Waals surface area (Å²) in [5.41, 5.74) is 1.80. The minimum Gasteiger partial charge on any atom is -0.497 e. The van der Waals surface area contributed by atoms with Crippen LogP contribution in [0, 0.1) is 5.82 Å². The molecule has 0 aliphatic rings. The highest BCUT2D eigenvalue weighted by molar-refractivity contribution is 5.93. The smallest absolute Gasteiger partial charge is 0.226 e. The van der Waals surface area contributed by atoms with Gasteiger partial charge in [-0.15, -0.1) is 5.10 Å². The number of nitrogens with one attached hydrogen (secondary N) is 1. The molecule has 4 rings (SSSR count). The molecule has 9 nitrogen and oxygen atoms in total. The van der Waals surface area contributed by atoms with Crippen molar-refractivity contribution in [2.45, 2.75) is 26.0 Å². The molecule has 1 atom stereocenters. The first kappa shape index (κ1) is 21.6. The van der Waals surface area contributed by atoms with Gasteiger partial charge < -0.3 is 24.6 Å². The molecule has 168 valence electrons. The van der Waals surface area contributed by atoms with Gasteiger partial charge in [0.15, 0.2) is 23.0 Å². The van der Waals surface area contributed by atoms with Crippen LogP contribution < -0.4 is 19.5 Å². The van der Waals surface area contributed by atoms with Crippen molar-refractivity contribution in [3.63, 3.8) is 0 Å². The Hall–Kier alpha value is -3.66. The van der Waals surface area contributed by atoms with Crippen LogP contribution in [0.15, 0.2) is 30.3 Å². The third kappa shape index (κ3) is 4.09. The Morgan fingerprint density at radius 2 is 1.84 bits per heavy atom. The van der Waals surface area contributed by atoms with Gasteiger partial charge in [0.1, 0.15) is 11.5 Å². The predicted octanol–water partition coefficient (Wildman–Crippen LogP) is 2.98.